The number of hydrogen-bond acceptors (Lipinski definition) is 4. The van der Waals surface area contributed by atoms with E-state index in [0.29, 0.717) is 6.42 Å². The van der Waals surface area contributed by atoms with Crippen LogP contribution >= 0.6 is 0 Å². The molecule has 4 nitrogen and oxygen atoms in total. The quantitative estimate of drug-likeness (QED) is 0.804. The fraction of sp³-hybridized carbons (Fsp3) is 0.462. The van der Waals surface area contributed by atoms with Crippen molar-refractivity contribution >= 4 is 5.97 Å². The molecule has 0 saturated heterocycles. The summed E-state index contributed by atoms with van der Waals surface area (Å²) in [5.74, 6) is 0.561. The zero-order valence-corrected chi connectivity index (χ0v) is 10.3. The molecule has 1 aromatic rings. The molecule has 0 spiro atoms. The molecule has 0 radical (unpaired) electrons. The number of esters is 1. The van der Waals surface area contributed by atoms with Crippen LogP contribution in [0.25, 0.3) is 0 Å². The van der Waals surface area contributed by atoms with Crippen LogP contribution in [0.15, 0.2) is 18.2 Å². The molecule has 0 aromatic heterocycles. The second-order valence-electron chi connectivity index (χ2n) is 4.52. The minimum absolute atomic E-state index is 0.0551. The standard InChI is InChI=1S/C13H17NO3/c1-8-6-9(4-5-11(8)16-2)10-7-13(10,14)12(15)17-3/h4-6,10H,7,14H2,1-3H3. The molecule has 1 aliphatic rings. The summed E-state index contributed by atoms with van der Waals surface area (Å²) < 4.78 is 9.91. The first-order valence-electron chi connectivity index (χ1n) is 5.54. The summed E-state index contributed by atoms with van der Waals surface area (Å²) in [4.78, 5) is 11.5. The van der Waals surface area contributed by atoms with Crippen molar-refractivity contribution in [2.45, 2.75) is 24.8 Å². The molecule has 4 heteroatoms. The van der Waals surface area contributed by atoms with Gasteiger partial charge in [-0.2, -0.15) is 0 Å². The molecule has 0 bridgehead atoms. The SMILES string of the molecule is COC(=O)C1(N)CC1c1ccc(OC)c(C)c1. The van der Waals surface area contributed by atoms with E-state index in [1.165, 1.54) is 7.11 Å². The molecule has 1 saturated carbocycles. The third-order valence-corrected chi connectivity index (χ3v) is 3.39. The summed E-state index contributed by atoms with van der Waals surface area (Å²) in [6.45, 7) is 1.97. The molecule has 0 heterocycles. The lowest BCUT2D eigenvalue weighted by atomic mass is 10.0. The fourth-order valence-corrected chi connectivity index (χ4v) is 2.23. The Bertz CT molecular complexity index is 458. The van der Waals surface area contributed by atoms with Gasteiger partial charge in [-0.15, -0.1) is 0 Å². The highest BCUT2D eigenvalue weighted by Crippen LogP contribution is 2.50. The van der Waals surface area contributed by atoms with Gasteiger partial charge in [-0.1, -0.05) is 12.1 Å². The Hall–Kier alpha value is -1.55. The van der Waals surface area contributed by atoms with Crippen molar-refractivity contribution in [2.24, 2.45) is 5.73 Å². The van der Waals surface area contributed by atoms with E-state index in [9.17, 15) is 4.79 Å². The number of nitrogens with two attached hydrogens (primary N) is 1. The smallest absolute Gasteiger partial charge is 0.326 e. The van der Waals surface area contributed by atoms with Gasteiger partial charge in [-0.3, -0.25) is 4.79 Å². The first-order valence-corrected chi connectivity index (χ1v) is 5.54. The highest BCUT2D eigenvalue weighted by molar-refractivity contribution is 5.86. The van der Waals surface area contributed by atoms with Gasteiger partial charge in [-0.05, 0) is 30.5 Å². The van der Waals surface area contributed by atoms with Gasteiger partial charge in [0.25, 0.3) is 0 Å². The molecular formula is C13H17NO3. The Balaban J connectivity index is 2.21. The van der Waals surface area contributed by atoms with Crippen molar-refractivity contribution in [2.75, 3.05) is 14.2 Å². The molecular weight excluding hydrogens is 218 g/mol. The van der Waals surface area contributed by atoms with Crippen molar-refractivity contribution in [3.8, 4) is 5.75 Å². The van der Waals surface area contributed by atoms with Gasteiger partial charge in [0.05, 0.1) is 14.2 Å². The second-order valence-corrected chi connectivity index (χ2v) is 4.52. The van der Waals surface area contributed by atoms with Crippen molar-refractivity contribution < 1.29 is 14.3 Å². The molecule has 2 rings (SSSR count). The lowest BCUT2D eigenvalue weighted by molar-refractivity contribution is -0.143. The van der Waals surface area contributed by atoms with E-state index >= 15 is 0 Å². The van der Waals surface area contributed by atoms with Gasteiger partial charge in [0.2, 0.25) is 0 Å². The van der Waals surface area contributed by atoms with E-state index in [1.54, 1.807) is 7.11 Å². The Kier molecular flexibility index (Phi) is 2.83. The van der Waals surface area contributed by atoms with E-state index in [4.69, 9.17) is 15.2 Å². The zero-order valence-electron chi connectivity index (χ0n) is 10.3. The van der Waals surface area contributed by atoms with Crippen LogP contribution in [0.1, 0.15) is 23.5 Å². The summed E-state index contributed by atoms with van der Waals surface area (Å²) in [5, 5.41) is 0. The minimum atomic E-state index is -0.838. The Morgan fingerprint density at radius 1 is 1.47 bits per heavy atom. The normalized spacial score (nSPS) is 26.5. The lowest BCUT2D eigenvalue weighted by Gasteiger charge is -2.10. The van der Waals surface area contributed by atoms with Crippen molar-refractivity contribution in [3.05, 3.63) is 29.3 Å². The second kappa shape index (κ2) is 4.04. The third kappa shape index (κ3) is 1.89. The van der Waals surface area contributed by atoms with Crippen LogP contribution in [-0.4, -0.2) is 25.7 Å². The summed E-state index contributed by atoms with van der Waals surface area (Å²) in [6, 6.07) is 5.87. The van der Waals surface area contributed by atoms with E-state index < -0.39 is 5.54 Å². The largest absolute Gasteiger partial charge is 0.496 e. The molecule has 0 aliphatic heterocycles. The molecule has 1 fully saturated rings. The number of hydrogen-bond donors (Lipinski definition) is 1. The van der Waals surface area contributed by atoms with E-state index in [0.717, 1.165) is 16.9 Å². The van der Waals surface area contributed by atoms with Crippen LogP contribution in [0, 0.1) is 6.92 Å². The van der Waals surface area contributed by atoms with Gasteiger partial charge in [0.15, 0.2) is 0 Å². The maximum atomic E-state index is 11.5. The molecule has 2 N–H and O–H groups in total. The first-order chi connectivity index (χ1) is 8.02. The Morgan fingerprint density at radius 3 is 2.71 bits per heavy atom. The van der Waals surface area contributed by atoms with E-state index in [-0.39, 0.29) is 11.9 Å². The summed E-state index contributed by atoms with van der Waals surface area (Å²) in [6.07, 6.45) is 0.644. The number of carbonyl (C=O) groups excluding carboxylic acids is 1. The molecule has 1 aliphatic carbocycles. The van der Waals surface area contributed by atoms with Crippen molar-refractivity contribution in [1.29, 1.82) is 0 Å². The maximum absolute atomic E-state index is 11.5. The molecule has 0 amide bonds. The highest BCUT2D eigenvalue weighted by Gasteiger charge is 2.58. The van der Waals surface area contributed by atoms with Gasteiger partial charge < -0.3 is 15.2 Å². The number of carbonyl (C=O) groups is 1. The lowest BCUT2D eigenvalue weighted by Crippen LogP contribution is -2.35. The highest BCUT2D eigenvalue weighted by atomic mass is 16.5. The van der Waals surface area contributed by atoms with Crippen molar-refractivity contribution in [1.82, 2.24) is 0 Å². The predicted molar refractivity (Wildman–Crippen MR) is 64.0 cm³/mol. The minimum Gasteiger partial charge on any atom is -0.496 e. The van der Waals surface area contributed by atoms with Crippen LogP contribution in [0.4, 0.5) is 0 Å². The summed E-state index contributed by atoms with van der Waals surface area (Å²) in [5.41, 5.74) is 7.27. The van der Waals surface area contributed by atoms with Gasteiger partial charge in [0.1, 0.15) is 11.3 Å². The average Bonchev–Trinajstić information content (AvgIpc) is 3.02. The van der Waals surface area contributed by atoms with E-state index in [2.05, 4.69) is 0 Å². The Labute approximate surface area is 101 Å². The molecule has 1 aromatic carbocycles. The number of aryl methyl sites for hydroxylation is 1. The van der Waals surface area contributed by atoms with Gasteiger partial charge >= 0.3 is 5.97 Å². The van der Waals surface area contributed by atoms with Gasteiger partial charge in [-0.25, -0.2) is 0 Å². The summed E-state index contributed by atoms with van der Waals surface area (Å²) >= 11 is 0. The predicted octanol–water partition coefficient (Wildman–Crippen LogP) is 1.36. The number of rotatable bonds is 3. The van der Waals surface area contributed by atoms with Crippen LogP contribution in [0.5, 0.6) is 5.75 Å². The van der Waals surface area contributed by atoms with Crippen LogP contribution in [0.3, 0.4) is 0 Å². The average molecular weight is 235 g/mol. The molecule has 17 heavy (non-hydrogen) atoms. The number of benzene rings is 1. The number of ether oxygens (including phenoxy) is 2. The third-order valence-electron chi connectivity index (χ3n) is 3.39. The molecule has 92 valence electrons. The Morgan fingerprint density at radius 2 is 2.18 bits per heavy atom. The first kappa shape index (κ1) is 11.9. The summed E-state index contributed by atoms with van der Waals surface area (Å²) in [7, 11) is 3.01. The number of methoxy groups -OCH3 is 2. The molecule has 2 unspecified atom stereocenters. The van der Waals surface area contributed by atoms with Crippen LogP contribution < -0.4 is 10.5 Å². The topological polar surface area (TPSA) is 61.5 Å². The fourth-order valence-electron chi connectivity index (χ4n) is 2.23. The monoisotopic (exact) mass is 235 g/mol. The van der Waals surface area contributed by atoms with Gasteiger partial charge in [0, 0.05) is 5.92 Å². The van der Waals surface area contributed by atoms with Crippen LogP contribution in [0.2, 0.25) is 0 Å². The zero-order chi connectivity index (χ0) is 12.6. The van der Waals surface area contributed by atoms with E-state index in [1.807, 2.05) is 25.1 Å². The van der Waals surface area contributed by atoms with Crippen molar-refractivity contribution in [3.63, 3.8) is 0 Å². The molecule has 2 atom stereocenters. The van der Waals surface area contributed by atoms with Crippen LogP contribution in [-0.2, 0) is 9.53 Å². The maximum Gasteiger partial charge on any atom is 0.326 e.